The van der Waals surface area contributed by atoms with Crippen LogP contribution < -0.4 is 35.3 Å². The van der Waals surface area contributed by atoms with Crippen LogP contribution in [0.3, 0.4) is 0 Å². The van der Waals surface area contributed by atoms with E-state index in [1.165, 1.54) is 0 Å². The van der Waals surface area contributed by atoms with Gasteiger partial charge >= 0.3 is 35.7 Å². The summed E-state index contributed by atoms with van der Waals surface area (Å²) in [5, 5.41) is 0. The predicted molar refractivity (Wildman–Crippen MR) is 22.3 cm³/mol. The second-order valence-electron chi connectivity index (χ2n) is 0.752. The molecule has 0 fully saturated rings. The standard InChI is InChI=1S/C3H7NO2.Na.H/c1-2-6-3(4)5;;/h2H2,1H3,(H2,4,5);;/q;+1;-1. The van der Waals surface area contributed by atoms with E-state index in [0.29, 0.717) is 6.61 Å². The van der Waals surface area contributed by atoms with Crippen molar-refractivity contribution in [3.05, 3.63) is 0 Å². The third-order valence-corrected chi connectivity index (χ3v) is 0.287. The van der Waals surface area contributed by atoms with Crippen molar-refractivity contribution in [3.8, 4) is 0 Å². The van der Waals surface area contributed by atoms with Gasteiger partial charge in [-0.2, -0.15) is 0 Å². The molecule has 7 heavy (non-hydrogen) atoms. The first-order valence-corrected chi connectivity index (χ1v) is 1.69. The van der Waals surface area contributed by atoms with E-state index in [4.69, 9.17) is 0 Å². The average molecular weight is 113 g/mol. The van der Waals surface area contributed by atoms with Crippen molar-refractivity contribution < 1.29 is 40.5 Å². The number of nitrogens with two attached hydrogens (primary N) is 1. The van der Waals surface area contributed by atoms with Crippen LogP contribution in [0, 0.1) is 0 Å². The van der Waals surface area contributed by atoms with Gasteiger partial charge in [0, 0.05) is 0 Å². The van der Waals surface area contributed by atoms with Crippen LogP contribution in [-0.4, -0.2) is 12.7 Å². The molecule has 38 valence electrons. The van der Waals surface area contributed by atoms with Crippen molar-refractivity contribution in [2.45, 2.75) is 6.92 Å². The van der Waals surface area contributed by atoms with Gasteiger partial charge in [-0.3, -0.25) is 0 Å². The summed E-state index contributed by atoms with van der Waals surface area (Å²) in [5.74, 6) is 0. The smallest absolute Gasteiger partial charge is 1.00 e. The molecule has 0 aromatic heterocycles. The topological polar surface area (TPSA) is 52.3 Å². The fourth-order valence-electron chi connectivity index (χ4n) is 0.142. The molecule has 0 aliphatic rings. The van der Waals surface area contributed by atoms with Crippen LogP contribution in [0.5, 0.6) is 0 Å². The maximum atomic E-state index is 9.60. The minimum Gasteiger partial charge on any atom is -1.00 e. The first-order chi connectivity index (χ1) is 2.77. The predicted octanol–water partition coefficient (Wildman–Crippen LogP) is -2.78. The summed E-state index contributed by atoms with van der Waals surface area (Å²) < 4.78 is 4.18. The third kappa shape index (κ3) is 10.7. The number of carbonyl (C=O) groups is 1. The van der Waals surface area contributed by atoms with Gasteiger partial charge < -0.3 is 11.9 Å². The number of hydrogen-bond donors (Lipinski definition) is 1. The summed E-state index contributed by atoms with van der Waals surface area (Å²) in [5.41, 5.74) is 4.54. The first kappa shape index (κ1) is 10.3. The van der Waals surface area contributed by atoms with Gasteiger partial charge in [0.1, 0.15) is 0 Å². The number of hydrogen-bond acceptors (Lipinski definition) is 2. The Kier molecular flexibility index (Phi) is 9.22. The zero-order chi connectivity index (χ0) is 4.99. The fraction of sp³-hybridized carbons (Fsp3) is 0.667. The molecule has 1 amide bonds. The van der Waals surface area contributed by atoms with Gasteiger partial charge in [0.25, 0.3) is 0 Å². The van der Waals surface area contributed by atoms with Crippen molar-refractivity contribution in [2.75, 3.05) is 6.61 Å². The molecule has 0 unspecified atom stereocenters. The molecule has 0 aliphatic carbocycles. The van der Waals surface area contributed by atoms with E-state index in [1.54, 1.807) is 6.92 Å². The average Bonchev–Trinajstić information content (AvgIpc) is 1.35. The Labute approximate surface area is 66.0 Å². The Balaban J connectivity index is -0.000000125. The number of amides is 1. The van der Waals surface area contributed by atoms with E-state index in [-0.39, 0.29) is 31.0 Å². The zero-order valence-corrected chi connectivity index (χ0v) is 6.60. The molecular weight excluding hydrogens is 105 g/mol. The molecule has 4 heteroatoms. The van der Waals surface area contributed by atoms with Gasteiger partial charge in [-0.15, -0.1) is 0 Å². The molecule has 0 saturated carbocycles. The normalized spacial score (nSPS) is 6.43. The van der Waals surface area contributed by atoms with Crippen molar-refractivity contribution in [1.82, 2.24) is 0 Å². The van der Waals surface area contributed by atoms with E-state index in [0.717, 1.165) is 0 Å². The van der Waals surface area contributed by atoms with Crippen LogP contribution >= 0.6 is 0 Å². The molecular formula is C3H8NNaO2. The molecule has 0 atom stereocenters. The first-order valence-electron chi connectivity index (χ1n) is 1.69. The quantitative estimate of drug-likeness (QED) is 0.374. The zero-order valence-electron chi connectivity index (χ0n) is 5.60. The largest absolute Gasteiger partial charge is 1.00 e. The molecule has 3 nitrogen and oxygen atoms in total. The summed E-state index contributed by atoms with van der Waals surface area (Å²) in [4.78, 5) is 9.60. The Hall–Kier alpha value is 0.270. The van der Waals surface area contributed by atoms with Gasteiger partial charge in [-0.25, -0.2) is 4.79 Å². The molecule has 0 spiro atoms. The Bertz CT molecular complexity index is 61.2. The SMILES string of the molecule is CCOC(N)=O.[H-].[Na+]. The minimum atomic E-state index is -0.711. The van der Waals surface area contributed by atoms with Crippen LogP contribution in [0.4, 0.5) is 4.79 Å². The van der Waals surface area contributed by atoms with E-state index in [2.05, 4.69) is 10.5 Å². The molecule has 0 radical (unpaired) electrons. The van der Waals surface area contributed by atoms with Crippen LogP contribution in [0.1, 0.15) is 8.35 Å². The molecule has 0 saturated heterocycles. The summed E-state index contributed by atoms with van der Waals surface area (Å²) in [6.07, 6.45) is -0.711. The second kappa shape index (κ2) is 6.27. The van der Waals surface area contributed by atoms with Gasteiger partial charge in [-0.1, -0.05) is 0 Å². The van der Waals surface area contributed by atoms with E-state index in [9.17, 15) is 4.79 Å². The van der Waals surface area contributed by atoms with Crippen LogP contribution in [-0.2, 0) is 4.74 Å². The summed E-state index contributed by atoms with van der Waals surface area (Å²) in [6, 6.07) is 0. The van der Waals surface area contributed by atoms with Crippen molar-refractivity contribution in [3.63, 3.8) is 0 Å². The molecule has 0 rings (SSSR count). The molecule has 0 aromatic carbocycles. The number of primary amides is 1. The van der Waals surface area contributed by atoms with E-state index in [1.807, 2.05) is 0 Å². The molecule has 0 aromatic rings. The van der Waals surface area contributed by atoms with Crippen LogP contribution in [0.2, 0.25) is 0 Å². The second-order valence-corrected chi connectivity index (χ2v) is 0.752. The summed E-state index contributed by atoms with van der Waals surface area (Å²) in [7, 11) is 0. The van der Waals surface area contributed by atoms with Crippen molar-refractivity contribution in [1.29, 1.82) is 0 Å². The van der Waals surface area contributed by atoms with Crippen molar-refractivity contribution in [2.24, 2.45) is 5.73 Å². The summed E-state index contributed by atoms with van der Waals surface area (Å²) >= 11 is 0. The Morgan fingerprint density at radius 3 is 2.43 bits per heavy atom. The van der Waals surface area contributed by atoms with Crippen LogP contribution in [0.15, 0.2) is 0 Å². The number of carbonyl (C=O) groups excluding carboxylic acids is 1. The minimum absolute atomic E-state index is 0. The molecule has 0 bridgehead atoms. The third-order valence-electron chi connectivity index (χ3n) is 0.287. The number of ether oxygens (including phenoxy) is 1. The van der Waals surface area contributed by atoms with Gasteiger partial charge in [0.2, 0.25) is 0 Å². The maximum Gasteiger partial charge on any atom is 1.00 e. The van der Waals surface area contributed by atoms with Crippen molar-refractivity contribution >= 4 is 6.09 Å². The maximum absolute atomic E-state index is 9.60. The molecule has 0 heterocycles. The van der Waals surface area contributed by atoms with Gasteiger partial charge in [-0.05, 0) is 6.92 Å². The Morgan fingerprint density at radius 2 is 2.43 bits per heavy atom. The number of rotatable bonds is 1. The van der Waals surface area contributed by atoms with Gasteiger partial charge in [0.05, 0.1) is 6.61 Å². The fourth-order valence-corrected chi connectivity index (χ4v) is 0.142. The van der Waals surface area contributed by atoms with E-state index >= 15 is 0 Å². The molecule has 2 N–H and O–H groups in total. The van der Waals surface area contributed by atoms with E-state index < -0.39 is 6.09 Å². The monoisotopic (exact) mass is 113 g/mol. The Morgan fingerprint density at radius 1 is 2.00 bits per heavy atom. The summed E-state index contributed by atoms with van der Waals surface area (Å²) in [6.45, 7) is 2.06. The van der Waals surface area contributed by atoms with Crippen LogP contribution in [0.25, 0.3) is 0 Å². The van der Waals surface area contributed by atoms with Gasteiger partial charge in [0.15, 0.2) is 0 Å². The molecule has 0 aliphatic heterocycles.